The highest BCUT2D eigenvalue weighted by Crippen LogP contribution is 2.37. The fourth-order valence-electron chi connectivity index (χ4n) is 3.35. The number of carbonyl (C=O) groups excluding carboxylic acids is 1. The van der Waals surface area contributed by atoms with Crippen molar-refractivity contribution in [1.29, 1.82) is 0 Å². The van der Waals surface area contributed by atoms with Gasteiger partial charge in [-0.05, 0) is 56.5 Å². The van der Waals surface area contributed by atoms with Crippen molar-refractivity contribution in [2.75, 3.05) is 13.2 Å². The van der Waals surface area contributed by atoms with E-state index in [0.717, 1.165) is 12.1 Å². The van der Waals surface area contributed by atoms with Gasteiger partial charge in [0.1, 0.15) is 11.4 Å². The van der Waals surface area contributed by atoms with Crippen molar-refractivity contribution >= 4 is 11.7 Å². The molecular weight excluding hydrogens is 366 g/mol. The normalized spacial score (nSPS) is 23.1. The fourth-order valence-corrected chi connectivity index (χ4v) is 3.35. The number of nitrogens with zero attached hydrogens (tertiary/aromatic N) is 1. The molecule has 0 saturated carbocycles. The Labute approximate surface area is 154 Å². The third kappa shape index (κ3) is 4.43. The lowest BCUT2D eigenvalue weighted by Gasteiger charge is -2.44. The van der Waals surface area contributed by atoms with Gasteiger partial charge in [0.25, 0.3) is 0 Å². The minimum atomic E-state index is -4.63. The van der Waals surface area contributed by atoms with Crippen molar-refractivity contribution in [3.8, 4) is 0 Å². The average Bonchev–Trinajstić information content (AvgIpc) is 2.50. The van der Waals surface area contributed by atoms with E-state index in [1.807, 2.05) is 0 Å². The van der Waals surface area contributed by atoms with Crippen molar-refractivity contribution in [3.05, 3.63) is 41.2 Å². The molecule has 0 radical (unpaired) electrons. The third-order valence-corrected chi connectivity index (χ3v) is 4.40. The highest BCUT2D eigenvalue weighted by atomic mass is 19.4. The largest absolute Gasteiger partial charge is 0.444 e. The predicted octanol–water partition coefficient (Wildman–Crippen LogP) is 4.64. The Morgan fingerprint density at radius 2 is 1.89 bits per heavy atom. The number of morpholine rings is 1. The van der Waals surface area contributed by atoms with E-state index < -0.39 is 35.3 Å². The van der Waals surface area contributed by atoms with Gasteiger partial charge in [-0.3, -0.25) is 4.90 Å². The molecule has 2 aliphatic heterocycles. The Morgan fingerprint density at radius 3 is 2.48 bits per heavy atom. The van der Waals surface area contributed by atoms with Crippen LogP contribution in [0.3, 0.4) is 0 Å². The summed E-state index contributed by atoms with van der Waals surface area (Å²) in [5.74, 6) is -0.947. The number of benzene rings is 1. The molecule has 2 unspecified atom stereocenters. The van der Waals surface area contributed by atoms with E-state index >= 15 is 0 Å². The molecule has 148 valence electrons. The maximum absolute atomic E-state index is 13.8. The van der Waals surface area contributed by atoms with Crippen LogP contribution in [0.1, 0.15) is 38.3 Å². The first-order valence-corrected chi connectivity index (χ1v) is 8.62. The molecule has 1 aromatic rings. The number of rotatable bonds is 1. The molecular formula is C19H21F4NO3. The molecule has 2 bridgehead atoms. The monoisotopic (exact) mass is 387 g/mol. The van der Waals surface area contributed by atoms with Gasteiger partial charge in [0.15, 0.2) is 0 Å². The highest BCUT2D eigenvalue weighted by Gasteiger charge is 2.40. The Bertz CT molecular complexity index is 767. The van der Waals surface area contributed by atoms with E-state index in [2.05, 4.69) is 0 Å². The van der Waals surface area contributed by atoms with Gasteiger partial charge in [0.05, 0.1) is 30.9 Å². The number of fused-ring (bicyclic) bond motifs is 2. The van der Waals surface area contributed by atoms with Crippen LogP contribution < -0.4 is 0 Å². The van der Waals surface area contributed by atoms with Crippen LogP contribution in [0, 0.1) is 5.82 Å². The summed E-state index contributed by atoms with van der Waals surface area (Å²) < 4.78 is 63.7. The van der Waals surface area contributed by atoms with Crippen LogP contribution in [0.5, 0.6) is 0 Å². The molecule has 1 amide bonds. The van der Waals surface area contributed by atoms with Crippen LogP contribution in [0.15, 0.2) is 24.3 Å². The molecule has 1 aromatic carbocycles. The molecule has 8 heteroatoms. The zero-order valence-electron chi connectivity index (χ0n) is 15.3. The molecule has 0 aliphatic carbocycles. The Hall–Kier alpha value is -2.09. The Balaban J connectivity index is 1.92. The Morgan fingerprint density at radius 1 is 1.19 bits per heavy atom. The minimum absolute atomic E-state index is 0.170. The summed E-state index contributed by atoms with van der Waals surface area (Å²) in [6.45, 7) is 5.73. The van der Waals surface area contributed by atoms with Crippen LogP contribution in [0.25, 0.3) is 5.57 Å². The van der Waals surface area contributed by atoms with Gasteiger partial charge in [-0.1, -0.05) is 6.08 Å². The molecule has 4 nitrogen and oxygen atoms in total. The van der Waals surface area contributed by atoms with E-state index in [-0.39, 0.29) is 31.2 Å². The molecule has 2 heterocycles. The first kappa shape index (κ1) is 19.7. The maximum atomic E-state index is 13.8. The molecule has 3 rings (SSSR count). The molecule has 1 fully saturated rings. The number of hydrogen-bond acceptors (Lipinski definition) is 3. The Kier molecular flexibility index (Phi) is 4.96. The van der Waals surface area contributed by atoms with Crippen molar-refractivity contribution < 1.29 is 31.8 Å². The SMILES string of the molecule is CC(C)(C)OC(=O)N1C2C=C(c3cc(F)cc(C(F)(F)F)c3)CC1COC2. The highest BCUT2D eigenvalue weighted by molar-refractivity contribution is 5.75. The van der Waals surface area contributed by atoms with Crippen molar-refractivity contribution in [2.24, 2.45) is 0 Å². The van der Waals surface area contributed by atoms with Gasteiger partial charge >= 0.3 is 12.3 Å². The summed E-state index contributed by atoms with van der Waals surface area (Å²) in [5, 5.41) is 0. The fraction of sp³-hybridized carbons (Fsp3) is 0.526. The van der Waals surface area contributed by atoms with E-state index in [9.17, 15) is 22.4 Å². The first-order chi connectivity index (χ1) is 12.4. The molecule has 0 aromatic heterocycles. The van der Waals surface area contributed by atoms with Crippen LogP contribution in [-0.2, 0) is 15.7 Å². The molecule has 0 N–H and O–H groups in total. The van der Waals surface area contributed by atoms with E-state index in [0.29, 0.717) is 11.6 Å². The van der Waals surface area contributed by atoms with E-state index in [4.69, 9.17) is 9.47 Å². The predicted molar refractivity (Wildman–Crippen MR) is 90.5 cm³/mol. The molecule has 0 spiro atoms. The van der Waals surface area contributed by atoms with Gasteiger partial charge in [-0.15, -0.1) is 0 Å². The zero-order valence-corrected chi connectivity index (χ0v) is 15.3. The van der Waals surface area contributed by atoms with E-state index in [1.54, 1.807) is 31.7 Å². The minimum Gasteiger partial charge on any atom is -0.444 e. The van der Waals surface area contributed by atoms with Crippen LogP contribution in [-0.4, -0.2) is 41.9 Å². The number of hydrogen-bond donors (Lipinski definition) is 0. The number of amides is 1. The smallest absolute Gasteiger partial charge is 0.416 e. The first-order valence-electron chi connectivity index (χ1n) is 8.62. The number of alkyl halides is 3. The topological polar surface area (TPSA) is 38.8 Å². The van der Waals surface area contributed by atoms with E-state index in [1.165, 1.54) is 0 Å². The second-order valence-electron chi connectivity index (χ2n) is 7.77. The van der Waals surface area contributed by atoms with Gasteiger partial charge in [-0.2, -0.15) is 13.2 Å². The summed E-state index contributed by atoms with van der Waals surface area (Å²) >= 11 is 0. The maximum Gasteiger partial charge on any atom is 0.416 e. The summed E-state index contributed by atoms with van der Waals surface area (Å²) in [4.78, 5) is 14.1. The van der Waals surface area contributed by atoms with Gasteiger partial charge in [0, 0.05) is 0 Å². The van der Waals surface area contributed by atoms with Crippen LogP contribution in [0.2, 0.25) is 0 Å². The number of carbonyl (C=O) groups is 1. The van der Waals surface area contributed by atoms with Crippen LogP contribution in [0.4, 0.5) is 22.4 Å². The third-order valence-electron chi connectivity index (χ3n) is 4.40. The van der Waals surface area contributed by atoms with Gasteiger partial charge in [0.2, 0.25) is 0 Å². The number of halogens is 4. The van der Waals surface area contributed by atoms with Crippen LogP contribution >= 0.6 is 0 Å². The lowest BCUT2D eigenvalue weighted by Crippen LogP contribution is -2.57. The number of ether oxygens (including phenoxy) is 2. The molecule has 1 saturated heterocycles. The van der Waals surface area contributed by atoms with Gasteiger partial charge < -0.3 is 9.47 Å². The zero-order chi connectivity index (χ0) is 20.0. The quantitative estimate of drug-likeness (QED) is 0.659. The van der Waals surface area contributed by atoms with Crippen molar-refractivity contribution in [2.45, 2.75) is 51.1 Å². The second kappa shape index (κ2) is 6.82. The lowest BCUT2D eigenvalue weighted by molar-refractivity contribution is -0.137. The second-order valence-corrected chi connectivity index (χ2v) is 7.77. The summed E-state index contributed by atoms with van der Waals surface area (Å²) in [6, 6.07) is 1.65. The van der Waals surface area contributed by atoms with Crippen molar-refractivity contribution in [1.82, 2.24) is 4.90 Å². The summed E-state index contributed by atoms with van der Waals surface area (Å²) in [5.41, 5.74) is -0.962. The average molecular weight is 387 g/mol. The standard InChI is InChI=1S/C19H21F4NO3/c1-18(2,3)27-17(25)24-15-6-12(7-16(24)10-26-9-15)11-4-13(19(21,22)23)8-14(20)5-11/h4-6,8,15-16H,7,9-10H2,1-3H3. The molecule has 2 atom stereocenters. The van der Waals surface area contributed by atoms with Gasteiger partial charge in [-0.25, -0.2) is 9.18 Å². The molecule has 27 heavy (non-hydrogen) atoms. The lowest BCUT2D eigenvalue weighted by atomic mass is 9.89. The summed E-state index contributed by atoms with van der Waals surface area (Å²) in [6.07, 6.45) is -3.20. The summed E-state index contributed by atoms with van der Waals surface area (Å²) in [7, 11) is 0. The molecule has 2 aliphatic rings. The van der Waals surface area contributed by atoms with Crippen molar-refractivity contribution in [3.63, 3.8) is 0 Å².